The molecule has 25 heavy (non-hydrogen) atoms. The molecule has 1 aromatic carbocycles. The van der Waals surface area contributed by atoms with Crippen LogP contribution in [0.4, 0.5) is 11.4 Å². The number of hydrogen-bond acceptors (Lipinski definition) is 5. The third-order valence-corrected chi connectivity index (χ3v) is 5.02. The molecule has 0 saturated heterocycles. The van der Waals surface area contributed by atoms with Crippen LogP contribution in [-0.4, -0.2) is 16.6 Å². The molecule has 1 aromatic heterocycles. The lowest BCUT2D eigenvalue weighted by molar-refractivity contribution is 0.102. The molecule has 0 saturated carbocycles. The first-order valence-corrected chi connectivity index (χ1v) is 11.5. The molecule has 0 aliphatic rings. The average molecular weight is 465 g/mol. The summed E-state index contributed by atoms with van der Waals surface area (Å²) in [5, 5.41) is 23.0. The van der Waals surface area contributed by atoms with E-state index >= 15 is 0 Å². The van der Waals surface area contributed by atoms with Crippen molar-refractivity contribution in [1.82, 2.24) is 4.98 Å². The van der Waals surface area contributed by atoms with E-state index in [4.69, 9.17) is 10.7 Å². The Hall–Kier alpha value is -2.04. The summed E-state index contributed by atoms with van der Waals surface area (Å²) in [5.41, 5.74) is 4.80. The highest BCUT2D eigenvalue weighted by Crippen LogP contribution is 2.29. The number of carbonyl (C=O) groups excluding carboxylic acids is 1. The van der Waals surface area contributed by atoms with Crippen LogP contribution in [0.2, 0.25) is 0 Å². The third-order valence-electron chi connectivity index (χ3n) is 3.84. The number of pyridine rings is 1. The summed E-state index contributed by atoms with van der Waals surface area (Å²) in [4.78, 5) is 16.7. The summed E-state index contributed by atoms with van der Waals surface area (Å²) in [6, 6.07) is 7.47. The van der Waals surface area contributed by atoms with Gasteiger partial charge < -0.3 is 15.8 Å². The summed E-state index contributed by atoms with van der Waals surface area (Å²) in [6.45, 7) is 5.28. The maximum absolute atomic E-state index is 12.6. The first kappa shape index (κ1) is 19.3. The van der Waals surface area contributed by atoms with Crippen molar-refractivity contribution < 1.29 is 4.79 Å². The fraction of sp³-hybridized carbons (Fsp3) is 0.176. The minimum atomic E-state index is -0.338. The molecule has 0 bridgehead atoms. The Labute approximate surface area is 161 Å². The summed E-state index contributed by atoms with van der Waals surface area (Å²) in [6.07, 6.45) is 1.91. The maximum Gasteiger partial charge on any atom is 0.274 e. The van der Waals surface area contributed by atoms with Crippen LogP contribution in [0.3, 0.4) is 0 Å². The Morgan fingerprint density at radius 1 is 1.36 bits per heavy atom. The van der Waals surface area contributed by atoms with Gasteiger partial charge in [-0.05, 0) is 72.1 Å². The number of anilines is 2. The van der Waals surface area contributed by atoms with Gasteiger partial charge in [0.15, 0.2) is 0 Å². The molecule has 8 heteroatoms. The van der Waals surface area contributed by atoms with Crippen molar-refractivity contribution in [2.45, 2.75) is 20.8 Å². The van der Waals surface area contributed by atoms with Gasteiger partial charge >= 0.3 is 0 Å². The summed E-state index contributed by atoms with van der Waals surface area (Å²) in [5.74, 6) is -0.338. The summed E-state index contributed by atoms with van der Waals surface area (Å²) >= 11 is 2.22. The van der Waals surface area contributed by atoms with Crippen LogP contribution in [-0.2, 0) is 0 Å². The lowest BCUT2D eigenvalue weighted by Gasteiger charge is -2.13. The Bertz CT molecular complexity index is 891. The Morgan fingerprint density at radius 2 is 2.08 bits per heavy atom. The smallest absolute Gasteiger partial charge is 0.274 e. The number of hydrogen-bond donors (Lipinski definition) is 3. The molecule has 1 atom stereocenters. The predicted octanol–water partition coefficient (Wildman–Crippen LogP) is 4.57. The van der Waals surface area contributed by atoms with E-state index in [2.05, 4.69) is 43.5 Å². The minimum absolute atomic E-state index is 0.292. The average Bonchev–Trinajstić information content (AvgIpc) is 2.58. The molecule has 3 N–H and O–H groups in total. The van der Waals surface area contributed by atoms with Gasteiger partial charge in [0.2, 0.25) is 0 Å². The molecule has 0 aliphatic carbocycles. The van der Waals surface area contributed by atoms with Gasteiger partial charge in [-0.15, -0.1) is 0 Å². The zero-order valence-electron chi connectivity index (χ0n) is 14.0. The van der Waals surface area contributed by atoms with Crippen molar-refractivity contribution in [1.29, 1.82) is 10.7 Å². The molecule has 128 valence electrons. The van der Waals surface area contributed by atoms with Gasteiger partial charge in [-0.1, -0.05) is 0 Å². The largest absolute Gasteiger partial charge is 0.358 e. The quantitative estimate of drug-likeness (QED) is 0.342. The SMILES string of the molecule is CC(=N)c1cc(NC(=O)c2ncc(C#N)c(C)c2C)ccc1NPI. The van der Waals surface area contributed by atoms with E-state index < -0.39 is 0 Å². The number of nitriles is 1. The molecular formula is C17H17IN5OP. The Balaban J connectivity index is 2.33. The molecule has 1 amide bonds. The molecule has 1 heterocycles. The second kappa shape index (κ2) is 8.37. The van der Waals surface area contributed by atoms with Crippen LogP contribution in [0.5, 0.6) is 0 Å². The number of rotatable bonds is 5. The van der Waals surface area contributed by atoms with Crippen LogP contribution >= 0.6 is 28.4 Å². The first-order chi connectivity index (χ1) is 11.9. The second-order valence-corrected chi connectivity index (χ2v) is 7.50. The van der Waals surface area contributed by atoms with Crippen molar-refractivity contribution in [2.75, 3.05) is 10.4 Å². The van der Waals surface area contributed by atoms with Gasteiger partial charge in [0, 0.05) is 35.2 Å². The van der Waals surface area contributed by atoms with E-state index in [1.807, 2.05) is 6.07 Å². The highest BCUT2D eigenvalue weighted by molar-refractivity contribution is 14.2. The Morgan fingerprint density at radius 3 is 2.68 bits per heavy atom. The molecule has 0 radical (unpaired) electrons. The van der Waals surface area contributed by atoms with Crippen LogP contribution < -0.4 is 10.4 Å². The van der Waals surface area contributed by atoms with Crippen molar-refractivity contribution in [3.8, 4) is 6.07 Å². The van der Waals surface area contributed by atoms with E-state index in [-0.39, 0.29) is 5.91 Å². The predicted molar refractivity (Wildman–Crippen MR) is 111 cm³/mol. The number of carbonyl (C=O) groups is 1. The lowest BCUT2D eigenvalue weighted by Crippen LogP contribution is -2.16. The molecule has 0 aliphatic heterocycles. The van der Waals surface area contributed by atoms with E-state index in [0.29, 0.717) is 34.6 Å². The van der Waals surface area contributed by atoms with Crippen LogP contribution in [0.25, 0.3) is 0 Å². The molecule has 0 spiro atoms. The van der Waals surface area contributed by atoms with Crippen LogP contribution in [0, 0.1) is 30.6 Å². The van der Waals surface area contributed by atoms with E-state index in [9.17, 15) is 4.79 Å². The van der Waals surface area contributed by atoms with Gasteiger partial charge in [0.1, 0.15) is 11.8 Å². The van der Waals surface area contributed by atoms with Gasteiger partial charge in [-0.2, -0.15) is 5.26 Å². The monoisotopic (exact) mass is 465 g/mol. The first-order valence-electron chi connectivity index (χ1n) is 7.38. The molecular weight excluding hydrogens is 448 g/mol. The third kappa shape index (κ3) is 4.33. The molecule has 2 aromatic rings. The van der Waals surface area contributed by atoms with Gasteiger partial charge in [-0.3, -0.25) is 4.79 Å². The topological polar surface area (TPSA) is 102 Å². The molecule has 6 nitrogen and oxygen atoms in total. The maximum atomic E-state index is 12.6. The highest BCUT2D eigenvalue weighted by atomic mass is 127. The summed E-state index contributed by atoms with van der Waals surface area (Å²) < 4.78 is 0. The number of nitrogens with one attached hydrogen (secondary N) is 3. The zero-order chi connectivity index (χ0) is 18.6. The number of aromatic nitrogens is 1. The number of nitrogens with zero attached hydrogens (tertiary/aromatic N) is 2. The Kier molecular flexibility index (Phi) is 6.45. The van der Waals surface area contributed by atoms with E-state index in [1.165, 1.54) is 6.20 Å². The summed E-state index contributed by atoms with van der Waals surface area (Å²) in [7, 11) is 0. The van der Waals surface area contributed by atoms with Gasteiger partial charge in [0.05, 0.1) is 5.56 Å². The van der Waals surface area contributed by atoms with Crippen molar-refractivity contribution >= 4 is 51.4 Å². The van der Waals surface area contributed by atoms with Crippen LogP contribution in [0.15, 0.2) is 24.4 Å². The van der Waals surface area contributed by atoms with Gasteiger partial charge in [0.25, 0.3) is 5.91 Å². The van der Waals surface area contributed by atoms with Crippen LogP contribution in [0.1, 0.15) is 39.7 Å². The minimum Gasteiger partial charge on any atom is -0.358 e. The normalized spacial score (nSPS) is 10.5. The van der Waals surface area contributed by atoms with E-state index in [1.54, 1.807) is 32.9 Å². The number of benzene rings is 1. The van der Waals surface area contributed by atoms with Crippen molar-refractivity contribution in [3.05, 3.63) is 52.3 Å². The fourth-order valence-corrected chi connectivity index (χ4v) is 3.52. The van der Waals surface area contributed by atoms with Crippen molar-refractivity contribution in [2.24, 2.45) is 0 Å². The molecule has 0 fully saturated rings. The van der Waals surface area contributed by atoms with Gasteiger partial charge in [-0.25, -0.2) is 4.98 Å². The highest BCUT2D eigenvalue weighted by Gasteiger charge is 2.16. The number of amides is 1. The lowest BCUT2D eigenvalue weighted by atomic mass is 10.0. The standard InChI is InChI=1S/C17H17IN5OP/c1-9-10(2)16(21-8-12(9)7-19)17(24)22-13-4-5-15(23-25-18)14(6-13)11(3)20/h4-6,8,20,23,25H,1-3H3,(H,22,24). The number of halogens is 1. The fourth-order valence-electron chi connectivity index (χ4n) is 2.33. The molecule has 2 rings (SSSR count). The zero-order valence-corrected chi connectivity index (χ0v) is 17.1. The molecule has 1 unspecified atom stereocenters. The van der Waals surface area contributed by atoms with E-state index in [0.717, 1.165) is 16.8 Å². The second-order valence-electron chi connectivity index (χ2n) is 5.44. The van der Waals surface area contributed by atoms with Crippen molar-refractivity contribution in [3.63, 3.8) is 0 Å².